The predicted octanol–water partition coefficient (Wildman–Crippen LogP) is 3.21. The second kappa shape index (κ2) is 10.1. The van der Waals surface area contributed by atoms with Gasteiger partial charge in [-0.1, -0.05) is 0 Å². The summed E-state index contributed by atoms with van der Waals surface area (Å²) in [5.41, 5.74) is 1.58. The minimum absolute atomic E-state index is 0.293. The highest BCUT2D eigenvalue weighted by Crippen LogP contribution is 2.53. The van der Waals surface area contributed by atoms with Crippen LogP contribution in [0, 0.1) is 0 Å². The molecule has 0 N–H and O–H groups in total. The van der Waals surface area contributed by atoms with Crippen molar-refractivity contribution < 1.29 is 42.8 Å². The predicted molar refractivity (Wildman–Crippen MR) is 116 cm³/mol. The monoisotopic (exact) mass is 456 g/mol. The van der Waals surface area contributed by atoms with Crippen LogP contribution in [0.15, 0.2) is 36.4 Å². The second-order valence-corrected chi connectivity index (χ2v) is 6.99. The van der Waals surface area contributed by atoms with Crippen LogP contribution in [0.5, 0.6) is 23.0 Å². The van der Waals surface area contributed by atoms with Gasteiger partial charge < -0.3 is 28.4 Å². The van der Waals surface area contributed by atoms with Crippen molar-refractivity contribution in [3.05, 3.63) is 53.1 Å². The van der Waals surface area contributed by atoms with Gasteiger partial charge in [0.15, 0.2) is 0 Å². The third kappa shape index (κ3) is 4.77. The van der Waals surface area contributed by atoms with Crippen molar-refractivity contribution in [3.8, 4) is 23.0 Å². The maximum atomic E-state index is 12.9. The van der Waals surface area contributed by atoms with Crippen LogP contribution in [0.25, 0.3) is 6.08 Å². The van der Waals surface area contributed by atoms with Gasteiger partial charge in [0.05, 0.1) is 34.0 Å². The summed E-state index contributed by atoms with van der Waals surface area (Å²) in [6.07, 6.45) is 1.98. The number of benzene rings is 2. The normalized spacial score (nSPS) is 16.5. The molecule has 9 nitrogen and oxygen atoms in total. The molecule has 0 saturated carbocycles. The van der Waals surface area contributed by atoms with E-state index in [9.17, 15) is 14.4 Å². The van der Waals surface area contributed by atoms with Gasteiger partial charge in [0.25, 0.3) is 0 Å². The lowest BCUT2D eigenvalue weighted by atomic mass is 9.89. The highest BCUT2D eigenvalue weighted by atomic mass is 16.5. The molecule has 0 amide bonds. The fourth-order valence-corrected chi connectivity index (χ4v) is 3.70. The summed E-state index contributed by atoms with van der Waals surface area (Å²) in [5, 5.41) is 0. The summed E-state index contributed by atoms with van der Waals surface area (Å²) in [5.74, 6) is -0.995. The molecule has 174 valence electrons. The summed E-state index contributed by atoms with van der Waals surface area (Å²) in [6, 6.07) is 8.17. The summed E-state index contributed by atoms with van der Waals surface area (Å²) < 4.78 is 32.1. The Balaban J connectivity index is 2.11. The van der Waals surface area contributed by atoms with E-state index >= 15 is 0 Å². The van der Waals surface area contributed by atoms with Crippen LogP contribution in [-0.4, -0.2) is 46.3 Å². The van der Waals surface area contributed by atoms with Crippen LogP contribution in [0.3, 0.4) is 0 Å². The molecule has 0 fully saturated rings. The third-order valence-electron chi connectivity index (χ3n) is 5.09. The average molecular weight is 456 g/mol. The van der Waals surface area contributed by atoms with Crippen LogP contribution in [0.2, 0.25) is 0 Å². The zero-order valence-corrected chi connectivity index (χ0v) is 18.9. The van der Waals surface area contributed by atoms with Gasteiger partial charge in [-0.2, -0.15) is 0 Å². The van der Waals surface area contributed by atoms with Crippen molar-refractivity contribution in [1.82, 2.24) is 0 Å². The van der Waals surface area contributed by atoms with E-state index in [1.54, 1.807) is 30.3 Å². The molecule has 0 saturated heterocycles. The van der Waals surface area contributed by atoms with Crippen LogP contribution >= 0.6 is 0 Å². The molecule has 1 aliphatic heterocycles. The Hall–Kier alpha value is -4.01. The summed E-state index contributed by atoms with van der Waals surface area (Å²) in [4.78, 5) is 35.8. The second-order valence-electron chi connectivity index (χ2n) is 6.99. The molecule has 33 heavy (non-hydrogen) atoms. The van der Waals surface area contributed by atoms with E-state index in [0.29, 0.717) is 39.7 Å². The van der Waals surface area contributed by atoms with E-state index < -0.39 is 29.9 Å². The van der Waals surface area contributed by atoms with E-state index in [4.69, 9.17) is 23.7 Å². The minimum atomic E-state index is -0.889. The van der Waals surface area contributed by atoms with E-state index in [1.165, 1.54) is 47.5 Å². The molecular weight excluding hydrogens is 432 g/mol. The van der Waals surface area contributed by atoms with Crippen molar-refractivity contribution in [3.63, 3.8) is 0 Å². The van der Waals surface area contributed by atoms with E-state index in [2.05, 4.69) is 4.74 Å². The molecule has 2 atom stereocenters. The average Bonchev–Trinajstić information content (AvgIpc) is 3.20. The topological polar surface area (TPSA) is 107 Å². The molecule has 0 aliphatic carbocycles. The first-order valence-corrected chi connectivity index (χ1v) is 9.92. The Bertz CT molecular complexity index is 1100. The highest BCUT2D eigenvalue weighted by molar-refractivity contribution is 5.89. The SMILES string of the molecule is COC(=O)/C=C/c1ccc2c(c1OC)[C@@H](C(=O)OC)[C@H](c1ccc(OC(C)=O)cc1OC)O2. The highest BCUT2D eigenvalue weighted by Gasteiger charge is 2.45. The Kier molecular flexibility index (Phi) is 7.22. The quantitative estimate of drug-likeness (QED) is 0.353. The van der Waals surface area contributed by atoms with Crippen molar-refractivity contribution in [1.29, 1.82) is 0 Å². The fourth-order valence-electron chi connectivity index (χ4n) is 3.70. The molecule has 9 heteroatoms. The molecule has 0 radical (unpaired) electrons. The van der Waals surface area contributed by atoms with Crippen LogP contribution in [-0.2, 0) is 23.9 Å². The number of ether oxygens (including phenoxy) is 6. The molecule has 0 spiro atoms. The van der Waals surface area contributed by atoms with Gasteiger partial charge in [0, 0.05) is 30.2 Å². The van der Waals surface area contributed by atoms with Crippen molar-refractivity contribution in [2.45, 2.75) is 18.9 Å². The Labute approximate surface area is 190 Å². The summed E-state index contributed by atoms with van der Waals surface area (Å²) in [6.45, 7) is 1.29. The van der Waals surface area contributed by atoms with Gasteiger partial charge in [-0.3, -0.25) is 9.59 Å². The number of hydrogen-bond acceptors (Lipinski definition) is 9. The van der Waals surface area contributed by atoms with Gasteiger partial charge in [-0.15, -0.1) is 0 Å². The molecule has 1 heterocycles. The minimum Gasteiger partial charge on any atom is -0.496 e. The molecule has 2 aromatic carbocycles. The van der Waals surface area contributed by atoms with Gasteiger partial charge >= 0.3 is 17.9 Å². The fraction of sp³-hybridized carbons (Fsp3) is 0.292. The zero-order valence-electron chi connectivity index (χ0n) is 18.9. The molecule has 3 rings (SSSR count). The van der Waals surface area contributed by atoms with Crippen molar-refractivity contribution >= 4 is 24.0 Å². The Morgan fingerprint density at radius 3 is 2.33 bits per heavy atom. The molecule has 0 aromatic heterocycles. The lowest BCUT2D eigenvalue weighted by Gasteiger charge is -2.21. The van der Waals surface area contributed by atoms with Crippen LogP contribution in [0.1, 0.15) is 35.6 Å². The van der Waals surface area contributed by atoms with Crippen molar-refractivity contribution in [2.75, 3.05) is 28.4 Å². The lowest BCUT2D eigenvalue weighted by Crippen LogP contribution is -2.21. The summed E-state index contributed by atoms with van der Waals surface area (Å²) in [7, 11) is 5.48. The number of fused-ring (bicyclic) bond motifs is 1. The largest absolute Gasteiger partial charge is 0.496 e. The number of rotatable bonds is 7. The maximum absolute atomic E-state index is 12.9. The number of carbonyl (C=O) groups is 3. The standard InChI is InChI=1S/C24H24O9/c1-13(25)32-15-8-9-16(18(12-15)28-2)23-21(24(27)31-5)20-17(33-23)10-6-14(22(20)30-4)7-11-19(26)29-3/h6-12,21,23H,1-5H3/b11-7+/t21-,23+/m1/s1. The number of methoxy groups -OCH3 is 4. The Morgan fingerprint density at radius 2 is 1.73 bits per heavy atom. The molecule has 0 unspecified atom stereocenters. The van der Waals surface area contributed by atoms with E-state index in [1.807, 2.05) is 0 Å². The molecular formula is C24H24O9. The first-order valence-electron chi connectivity index (χ1n) is 9.92. The Morgan fingerprint density at radius 1 is 0.970 bits per heavy atom. The first-order chi connectivity index (χ1) is 15.8. The van der Waals surface area contributed by atoms with Crippen molar-refractivity contribution in [2.24, 2.45) is 0 Å². The van der Waals surface area contributed by atoms with Gasteiger partial charge in [-0.25, -0.2) is 4.79 Å². The van der Waals surface area contributed by atoms with Gasteiger partial charge in [0.2, 0.25) is 0 Å². The van der Waals surface area contributed by atoms with Crippen LogP contribution < -0.4 is 18.9 Å². The lowest BCUT2D eigenvalue weighted by molar-refractivity contribution is -0.144. The number of hydrogen-bond donors (Lipinski definition) is 0. The van der Waals surface area contributed by atoms with Crippen LogP contribution in [0.4, 0.5) is 0 Å². The number of esters is 3. The van der Waals surface area contributed by atoms with E-state index in [0.717, 1.165) is 0 Å². The molecule has 2 aromatic rings. The first kappa shape index (κ1) is 23.6. The van der Waals surface area contributed by atoms with E-state index in [-0.39, 0.29) is 0 Å². The third-order valence-corrected chi connectivity index (χ3v) is 5.09. The molecule has 1 aliphatic rings. The molecule has 0 bridgehead atoms. The van der Waals surface area contributed by atoms with Gasteiger partial charge in [0.1, 0.15) is 35.0 Å². The van der Waals surface area contributed by atoms with Gasteiger partial charge in [-0.05, 0) is 30.3 Å². The maximum Gasteiger partial charge on any atom is 0.330 e. The summed E-state index contributed by atoms with van der Waals surface area (Å²) >= 11 is 0. The zero-order chi connectivity index (χ0) is 24.1. The smallest absolute Gasteiger partial charge is 0.330 e. The number of carbonyl (C=O) groups excluding carboxylic acids is 3.